The first kappa shape index (κ1) is 15.2. The summed E-state index contributed by atoms with van der Waals surface area (Å²) >= 11 is 0. The Hall–Kier alpha value is -1.82. The standard InChI is InChI=1S/C13H20N2O4/c1-9(5-3-7-16)14-12(17)10(2)15-13(18)11-6-4-8-19-11/h4,6,8-10,16H,3,5,7H2,1-2H3,(H,14,17)(H,15,18). The van der Waals surface area contributed by atoms with E-state index in [-0.39, 0.29) is 24.3 Å². The van der Waals surface area contributed by atoms with Gasteiger partial charge in [0.05, 0.1) is 6.26 Å². The third kappa shape index (κ3) is 5.13. The normalized spacial score (nSPS) is 13.6. The molecule has 0 radical (unpaired) electrons. The van der Waals surface area contributed by atoms with Gasteiger partial charge < -0.3 is 20.2 Å². The topological polar surface area (TPSA) is 91.6 Å². The van der Waals surface area contributed by atoms with Gasteiger partial charge in [-0.25, -0.2) is 0 Å². The maximum atomic E-state index is 11.8. The lowest BCUT2D eigenvalue weighted by atomic mass is 10.1. The quantitative estimate of drug-likeness (QED) is 0.678. The zero-order valence-electron chi connectivity index (χ0n) is 11.2. The first-order chi connectivity index (χ1) is 9.04. The van der Waals surface area contributed by atoms with Crippen LogP contribution in [0.2, 0.25) is 0 Å². The number of rotatable bonds is 7. The van der Waals surface area contributed by atoms with Crippen LogP contribution in [0, 0.1) is 0 Å². The van der Waals surface area contributed by atoms with Crippen LogP contribution in [0.4, 0.5) is 0 Å². The van der Waals surface area contributed by atoms with E-state index in [1.54, 1.807) is 13.0 Å². The van der Waals surface area contributed by atoms with E-state index in [0.29, 0.717) is 12.8 Å². The molecular weight excluding hydrogens is 248 g/mol. The fourth-order valence-electron chi connectivity index (χ4n) is 1.58. The Bertz CT molecular complexity index is 403. The minimum atomic E-state index is -0.644. The Labute approximate surface area is 112 Å². The first-order valence-corrected chi connectivity index (χ1v) is 6.30. The minimum absolute atomic E-state index is 0.0392. The average molecular weight is 268 g/mol. The van der Waals surface area contributed by atoms with E-state index in [2.05, 4.69) is 10.6 Å². The van der Waals surface area contributed by atoms with Gasteiger partial charge in [-0.2, -0.15) is 0 Å². The summed E-state index contributed by atoms with van der Waals surface area (Å²) in [5, 5.41) is 14.0. The molecule has 0 aliphatic heterocycles. The number of nitrogens with one attached hydrogen (secondary N) is 2. The van der Waals surface area contributed by atoms with Crippen molar-refractivity contribution in [1.82, 2.24) is 10.6 Å². The van der Waals surface area contributed by atoms with E-state index in [0.717, 1.165) is 0 Å². The number of hydrogen-bond acceptors (Lipinski definition) is 4. The van der Waals surface area contributed by atoms with Gasteiger partial charge in [-0.1, -0.05) is 0 Å². The lowest BCUT2D eigenvalue weighted by Crippen LogP contribution is -2.47. The predicted molar refractivity (Wildman–Crippen MR) is 69.6 cm³/mol. The number of furan rings is 1. The average Bonchev–Trinajstić information content (AvgIpc) is 2.90. The summed E-state index contributed by atoms with van der Waals surface area (Å²) in [6.07, 6.45) is 2.73. The third-order valence-corrected chi connectivity index (χ3v) is 2.67. The molecular formula is C13H20N2O4. The smallest absolute Gasteiger partial charge is 0.287 e. The predicted octanol–water partition coefficient (Wildman–Crippen LogP) is 0.675. The van der Waals surface area contributed by atoms with Crippen LogP contribution in [0.15, 0.2) is 22.8 Å². The number of carbonyl (C=O) groups excluding carboxylic acids is 2. The highest BCUT2D eigenvalue weighted by Gasteiger charge is 2.19. The fourth-order valence-corrected chi connectivity index (χ4v) is 1.58. The van der Waals surface area contributed by atoms with Crippen LogP contribution in [0.3, 0.4) is 0 Å². The summed E-state index contributed by atoms with van der Waals surface area (Å²) in [5.41, 5.74) is 0. The maximum absolute atomic E-state index is 11.8. The van der Waals surface area contributed by atoms with Gasteiger partial charge in [0.15, 0.2) is 5.76 Å². The van der Waals surface area contributed by atoms with Crippen LogP contribution >= 0.6 is 0 Å². The van der Waals surface area contributed by atoms with Crippen LogP contribution in [0.5, 0.6) is 0 Å². The Kier molecular flexibility index (Phi) is 6.08. The van der Waals surface area contributed by atoms with E-state index in [1.807, 2.05) is 6.92 Å². The molecule has 3 N–H and O–H groups in total. The van der Waals surface area contributed by atoms with Crippen LogP contribution in [0.25, 0.3) is 0 Å². The highest BCUT2D eigenvalue weighted by molar-refractivity contribution is 5.95. The van der Waals surface area contributed by atoms with Crippen molar-refractivity contribution in [3.8, 4) is 0 Å². The molecule has 1 heterocycles. The Morgan fingerprint density at radius 3 is 2.68 bits per heavy atom. The SMILES string of the molecule is CC(CCCO)NC(=O)C(C)NC(=O)c1ccco1. The lowest BCUT2D eigenvalue weighted by Gasteiger charge is -2.17. The molecule has 0 aromatic carbocycles. The van der Waals surface area contributed by atoms with E-state index in [1.165, 1.54) is 12.3 Å². The van der Waals surface area contributed by atoms with Crippen molar-refractivity contribution in [2.24, 2.45) is 0 Å². The van der Waals surface area contributed by atoms with E-state index in [9.17, 15) is 9.59 Å². The van der Waals surface area contributed by atoms with Gasteiger partial charge in [0.25, 0.3) is 5.91 Å². The third-order valence-electron chi connectivity index (χ3n) is 2.67. The molecule has 2 unspecified atom stereocenters. The van der Waals surface area contributed by atoms with Gasteiger partial charge in [0.2, 0.25) is 5.91 Å². The van der Waals surface area contributed by atoms with Crippen molar-refractivity contribution in [2.45, 2.75) is 38.8 Å². The van der Waals surface area contributed by atoms with Crippen molar-refractivity contribution in [1.29, 1.82) is 0 Å². The second kappa shape index (κ2) is 7.58. The fraction of sp³-hybridized carbons (Fsp3) is 0.538. The van der Waals surface area contributed by atoms with Gasteiger partial charge in [-0.15, -0.1) is 0 Å². The van der Waals surface area contributed by atoms with Gasteiger partial charge >= 0.3 is 0 Å². The number of aliphatic hydroxyl groups is 1. The van der Waals surface area contributed by atoms with Crippen LogP contribution in [-0.2, 0) is 4.79 Å². The maximum Gasteiger partial charge on any atom is 0.287 e. The molecule has 1 rings (SSSR count). The number of hydrogen-bond donors (Lipinski definition) is 3. The molecule has 0 aliphatic carbocycles. The molecule has 0 aliphatic rings. The number of aliphatic hydroxyl groups excluding tert-OH is 1. The zero-order chi connectivity index (χ0) is 14.3. The number of carbonyl (C=O) groups is 2. The molecule has 0 spiro atoms. The van der Waals surface area contributed by atoms with Crippen molar-refractivity contribution < 1.29 is 19.1 Å². The summed E-state index contributed by atoms with van der Waals surface area (Å²) < 4.78 is 4.94. The van der Waals surface area contributed by atoms with E-state index in [4.69, 9.17) is 9.52 Å². The minimum Gasteiger partial charge on any atom is -0.459 e. The molecule has 2 atom stereocenters. The first-order valence-electron chi connectivity index (χ1n) is 6.30. The summed E-state index contributed by atoms with van der Waals surface area (Å²) in [5.74, 6) is -0.506. The van der Waals surface area contributed by atoms with Gasteiger partial charge in [-0.3, -0.25) is 9.59 Å². The second-order valence-corrected chi connectivity index (χ2v) is 4.45. The molecule has 1 aromatic rings. The van der Waals surface area contributed by atoms with Crippen molar-refractivity contribution in [2.75, 3.05) is 6.61 Å². The largest absolute Gasteiger partial charge is 0.459 e. The summed E-state index contributed by atoms with van der Waals surface area (Å²) in [6, 6.07) is 2.46. The molecule has 1 aromatic heterocycles. The van der Waals surface area contributed by atoms with Crippen LogP contribution in [0.1, 0.15) is 37.2 Å². The molecule has 106 valence electrons. The highest BCUT2D eigenvalue weighted by Crippen LogP contribution is 2.01. The van der Waals surface area contributed by atoms with E-state index >= 15 is 0 Å². The summed E-state index contributed by atoms with van der Waals surface area (Å²) in [4.78, 5) is 23.5. The van der Waals surface area contributed by atoms with Gasteiger partial charge in [0, 0.05) is 12.6 Å². The lowest BCUT2D eigenvalue weighted by molar-refractivity contribution is -0.123. The van der Waals surface area contributed by atoms with Gasteiger partial charge in [0.1, 0.15) is 6.04 Å². The Morgan fingerprint density at radius 1 is 1.37 bits per heavy atom. The number of amides is 2. The monoisotopic (exact) mass is 268 g/mol. The molecule has 19 heavy (non-hydrogen) atoms. The highest BCUT2D eigenvalue weighted by atomic mass is 16.3. The van der Waals surface area contributed by atoms with Crippen molar-refractivity contribution >= 4 is 11.8 Å². The molecule has 0 bridgehead atoms. The molecule has 0 fully saturated rings. The summed E-state index contributed by atoms with van der Waals surface area (Å²) in [7, 11) is 0. The van der Waals surface area contributed by atoms with Crippen LogP contribution in [-0.4, -0.2) is 35.6 Å². The Morgan fingerprint density at radius 2 is 2.11 bits per heavy atom. The second-order valence-electron chi connectivity index (χ2n) is 4.45. The Balaban J connectivity index is 2.38. The summed E-state index contributed by atoms with van der Waals surface area (Å²) in [6.45, 7) is 3.56. The van der Waals surface area contributed by atoms with Gasteiger partial charge in [-0.05, 0) is 38.8 Å². The molecule has 0 saturated carbocycles. The van der Waals surface area contributed by atoms with Crippen molar-refractivity contribution in [3.63, 3.8) is 0 Å². The molecule has 2 amide bonds. The molecule has 0 saturated heterocycles. The van der Waals surface area contributed by atoms with Crippen LogP contribution < -0.4 is 10.6 Å². The molecule has 6 heteroatoms. The van der Waals surface area contributed by atoms with Crippen molar-refractivity contribution in [3.05, 3.63) is 24.2 Å². The van der Waals surface area contributed by atoms with E-state index < -0.39 is 11.9 Å². The zero-order valence-corrected chi connectivity index (χ0v) is 11.2. The molecule has 6 nitrogen and oxygen atoms in total.